The van der Waals surface area contributed by atoms with Crippen molar-refractivity contribution >= 4 is 62.0 Å². The molecule has 0 amide bonds. The standard InChI is InChI=1S/C14H12BrFN2S3/c15-12-6-5-11(21-12)13-18(7-8-20-13)14(19)17-10-3-1-9(16)2-4-10/h1-6,13H,7-8H2,(H,17,19)/t13-/m0/s1. The number of halogens is 2. The number of thiophene rings is 1. The molecule has 1 atom stereocenters. The van der Waals surface area contributed by atoms with Crippen molar-refractivity contribution in [3.63, 3.8) is 0 Å². The van der Waals surface area contributed by atoms with Gasteiger partial charge in [-0.05, 0) is 64.5 Å². The van der Waals surface area contributed by atoms with Crippen LogP contribution in [0.1, 0.15) is 10.3 Å². The highest BCUT2D eigenvalue weighted by Crippen LogP contribution is 2.42. The fourth-order valence-electron chi connectivity index (χ4n) is 2.10. The van der Waals surface area contributed by atoms with Gasteiger partial charge in [-0.1, -0.05) is 0 Å². The minimum Gasteiger partial charge on any atom is -0.333 e. The Morgan fingerprint density at radius 3 is 2.71 bits per heavy atom. The number of nitrogens with one attached hydrogen (secondary N) is 1. The summed E-state index contributed by atoms with van der Waals surface area (Å²) in [7, 11) is 0. The highest BCUT2D eigenvalue weighted by atomic mass is 79.9. The number of anilines is 1. The molecule has 0 spiro atoms. The van der Waals surface area contributed by atoms with Crippen LogP contribution in [-0.4, -0.2) is 22.3 Å². The Labute approximate surface area is 144 Å². The van der Waals surface area contributed by atoms with Crippen molar-refractivity contribution in [3.8, 4) is 0 Å². The second-order valence-corrected chi connectivity index (χ2v) is 8.56. The van der Waals surface area contributed by atoms with Crippen molar-refractivity contribution in [1.82, 2.24) is 4.90 Å². The van der Waals surface area contributed by atoms with Gasteiger partial charge >= 0.3 is 0 Å². The third-order valence-electron chi connectivity index (χ3n) is 3.08. The Balaban J connectivity index is 1.72. The SMILES string of the molecule is Fc1ccc(NC(=S)N2CCS[C@H]2c2ccc(Br)s2)cc1. The minimum absolute atomic E-state index is 0.246. The van der Waals surface area contributed by atoms with E-state index in [1.807, 2.05) is 11.8 Å². The van der Waals surface area contributed by atoms with Crippen LogP contribution in [0.5, 0.6) is 0 Å². The van der Waals surface area contributed by atoms with Crippen LogP contribution in [0, 0.1) is 5.82 Å². The predicted molar refractivity (Wildman–Crippen MR) is 96.5 cm³/mol. The predicted octanol–water partition coefficient (Wildman–Crippen LogP) is 5.09. The van der Waals surface area contributed by atoms with E-state index in [2.05, 4.69) is 38.3 Å². The summed E-state index contributed by atoms with van der Waals surface area (Å²) in [6.45, 7) is 0.915. The van der Waals surface area contributed by atoms with Crippen LogP contribution >= 0.6 is 51.2 Å². The fourth-order valence-corrected chi connectivity index (χ4v) is 5.41. The van der Waals surface area contributed by atoms with Crippen molar-refractivity contribution in [2.45, 2.75) is 5.37 Å². The summed E-state index contributed by atoms with van der Waals surface area (Å²) in [5.41, 5.74) is 0.810. The second kappa shape index (κ2) is 6.64. The van der Waals surface area contributed by atoms with Crippen LogP contribution in [0.2, 0.25) is 0 Å². The molecule has 0 bridgehead atoms. The molecule has 0 saturated carbocycles. The van der Waals surface area contributed by atoms with E-state index in [1.165, 1.54) is 17.0 Å². The highest BCUT2D eigenvalue weighted by molar-refractivity contribution is 9.11. The maximum atomic E-state index is 12.9. The van der Waals surface area contributed by atoms with Gasteiger partial charge in [-0.25, -0.2) is 4.39 Å². The van der Waals surface area contributed by atoms with Crippen LogP contribution in [0.3, 0.4) is 0 Å². The van der Waals surface area contributed by atoms with E-state index < -0.39 is 0 Å². The van der Waals surface area contributed by atoms with Crippen molar-refractivity contribution in [2.75, 3.05) is 17.6 Å². The van der Waals surface area contributed by atoms with Gasteiger partial charge in [-0.3, -0.25) is 0 Å². The molecular weight excluding hydrogens is 391 g/mol. The maximum absolute atomic E-state index is 12.9. The molecule has 7 heteroatoms. The molecule has 0 aliphatic carbocycles. The lowest BCUT2D eigenvalue weighted by atomic mass is 10.3. The van der Waals surface area contributed by atoms with Gasteiger partial charge in [0, 0.05) is 22.9 Å². The first-order valence-corrected chi connectivity index (χ1v) is 9.40. The number of benzene rings is 1. The second-order valence-electron chi connectivity index (χ2n) is 4.50. The van der Waals surface area contributed by atoms with Gasteiger partial charge in [-0.2, -0.15) is 0 Å². The number of nitrogens with zero attached hydrogens (tertiary/aromatic N) is 1. The fraction of sp³-hybridized carbons (Fsp3) is 0.214. The lowest BCUT2D eigenvalue weighted by Crippen LogP contribution is -2.33. The van der Waals surface area contributed by atoms with Gasteiger partial charge in [0.2, 0.25) is 0 Å². The molecule has 0 unspecified atom stereocenters. The molecule has 1 aliphatic rings. The Hall–Kier alpha value is -0.630. The third kappa shape index (κ3) is 3.59. The van der Waals surface area contributed by atoms with Crippen molar-refractivity contribution in [2.24, 2.45) is 0 Å². The molecule has 0 radical (unpaired) electrons. The van der Waals surface area contributed by atoms with E-state index in [4.69, 9.17) is 12.2 Å². The van der Waals surface area contributed by atoms with Crippen LogP contribution in [0.25, 0.3) is 0 Å². The van der Waals surface area contributed by atoms with Crippen LogP contribution in [0.4, 0.5) is 10.1 Å². The van der Waals surface area contributed by atoms with Crippen molar-refractivity contribution in [3.05, 3.63) is 50.9 Å². The summed E-state index contributed by atoms with van der Waals surface area (Å²) in [5.74, 6) is 0.801. The molecular formula is C14H12BrFN2S3. The molecule has 1 aromatic heterocycles. The third-order valence-corrected chi connectivity index (χ3v) is 6.49. The van der Waals surface area contributed by atoms with Gasteiger partial charge in [0.15, 0.2) is 5.11 Å². The highest BCUT2D eigenvalue weighted by Gasteiger charge is 2.29. The quantitative estimate of drug-likeness (QED) is 0.702. The molecule has 3 rings (SSSR count). The van der Waals surface area contributed by atoms with Crippen molar-refractivity contribution in [1.29, 1.82) is 0 Å². The minimum atomic E-state index is -0.246. The summed E-state index contributed by atoms with van der Waals surface area (Å²) < 4.78 is 14.1. The van der Waals surface area contributed by atoms with Crippen LogP contribution < -0.4 is 5.32 Å². The smallest absolute Gasteiger partial charge is 0.174 e. The van der Waals surface area contributed by atoms with E-state index in [0.717, 1.165) is 21.8 Å². The van der Waals surface area contributed by atoms with Crippen LogP contribution in [-0.2, 0) is 0 Å². The first-order chi connectivity index (χ1) is 10.1. The lowest BCUT2D eigenvalue weighted by molar-refractivity contribution is 0.462. The summed E-state index contributed by atoms with van der Waals surface area (Å²) in [5, 5.41) is 4.12. The van der Waals surface area contributed by atoms with Gasteiger partial charge in [0.05, 0.1) is 3.79 Å². The number of hydrogen-bond acceptors (Lipinski definition) is 3. The number of thiocarbonyl (C=S) groups is 1. The zero-order chi connectivity index (χ0) is 14.8. The van der Waals surface area contributed by atoms with Crippen molar-refractivity contribution < 1.29 is 4.39 Å². The number of thioether (sulfide) groups is 1. The molecule has 1 fully saturated rings. The zero-order valence-electron chi connectivity index (χ0n) is 10.9. The molecule has 2 aromatic rings. The Morgan fingerprint density at radius 2 is 2.05 bits per heavy atom. The molecule has 1 aliphatic heterocycles. The first-order valence-electron chi connectivity index (χ1n) is 6.33. The largest absolute Gasteiger partial charge is 0.333 e. The average Bonchev–Trinajstić information content (AvgIpc) is 3.09. The molecule has 1 aromatic carbocycles. The molecule has 1 N–H and O–H groups in total. The van der Waals surface area contributed by atoms with E-state index >= 15 is 0 Å². The van der Waals surface area contributed by atoms with Gasteiger partial charge in [0.1, 0.15) is 11.2 Å². The molecule has 110 valence electrons. The first kappa shape index (κ1) is 15.3. The monoisotopic (exact) mass is 402 g/mol. The molecule has 1 saturated heterocycles. The molecule has 2 heterocycles. The topological polar surface area (TPSA) is 15.3 Å². The Morgan fingerprint density at radius 1 is 1.29 bits per heavy atom. The number of rotatable bonds is 2. The summed E-state index contributed by atoms with van der Waals surface area (Å²) in [4.78, 5) is 3.47. The van der Waals surface area contributed by atoms with E-state index in [0.29, 0.717) is 5.11 Å². The van der Waals surface area contributed by atoms with Gasteiger partial charge in [-0.15, -0.1) is 23.1 Å². The molecule has 2 nitrogen and oxygen atoms in total. The van der Waals surface area contributed by atoms with E-state index in [-0.39, 0.29) is 11.2 Å². The Bertz CT molecular complexity index is 644. The van der Waals surface area contributed by atoms with Crippen LogP contribution in [0.15, 0.2) is 40.2 Å². The summed E-state index contributed by atoms with van der Waals surface area (Å²) in [6, 6.07) is 10.4. The number of hydrogen-bond donors (Lipinski definition) is 1. The normalized spacial score (nSPS) is 18.0. The Kier molecular flexibility index (Phi) is 4.83. The molecule has 21 heavy (non-hydrogen) atoms. The maximum Gasteiger partial charge on any atom is 0.174 e. The lowest BCUT2D eigenvalue weighted by Gasteiger charge is -2.26. The zero-order valence-corrected chi connectivity index (χ0v) is 14.9. The van der Waals surface area contributed by atoms with E-state index in [9.17, 15) is 4.39 Å². The van der Waals surface area contributed by atoms with E-state index in [1.54, 1.807) is 23.5 Å². The van der Waals surface area contributed by atoms with Gasteiger partial charge in [0.25, 0.3) is 0 Å². The average molecular weight is 403 g/mol. The van der Waals surface area contributed by atoms with Gasteiger partial charge < -0.3 is 10.2 Å². The summed E-state index contributed by atoms with van der Waals surface area (Å²) >= 11 is 12.6. The summed E-state index contributed by atoms with van der Waals surface area (Å²) in [6.07, 6.45) is 0.